The van der Waals surface area contributed by atoms with Crippen LogP contribution < -0.4 is 10.6 Å². The third-order valence-corrected chi connectivity index (χ3v) is 3.40. The Morgan fingerprint density at radius 1 is 1.08 bits per heavy atom. The number of nitrogens with zero attached hydrogens (tertiary/aromatic N) is 2. The summed E-state index contributed by atoms with van der Waals surface area (Å²) in [6.45, 7) is 3.46. The summed E-state index contributed by atoms with van der Waals surface area (Å²) in [7, 11) is 0. The van der Waals surface area contributed by atoms with Crippen molar-refractivity contribution in [2.24, 2.45) is 0 Å². The van der Waals surface area contributed by atoms with Gasteiger partial charge in [-0.3, -0.25) is 5.32 Å². The zero-order chi connectivity index (χ0) is 18.9. The van der Waals surface area contributed by atoms with Crippen molar-refractivity contribution in [2.45, 2.75) is 20.0 Å². The predicted octanol–water partition coefficient (Wildman–Crippen LogP) is 4.61. The van der Waals surface area contributed by atoms with Crippen LogP contribution in [0.25, 0.3) is 11.5 Å². The number of alkyl halides is 3. The van der Waals surface area contributed by atoms with E-state index >= 15 is 0 Å². The zero-order valence-corrected chi connectivity index (χ0v) is 13.6. The van der Waals surface area contributed by atoms with Gasteiger partial charge >= 0.3 is 18.2 Å². The van der Waals surface area contributed by atoms with Gasteiger partial charge in [0.25, 0.3) is 5.89 Å². The summed E-state index contributed by atoms with van der Waals surface area (Å²) < 4.78 is 49.4. The molecule has 1 aromatic carbocycles. The van der Waals surface area contributed by atoms with E-state index in [0.717, 1.165) is 12.1 Å². The molecular formula is C16H13F3N4O3. The molecule has 26 heavy (non-hydrogen) atoms. The number of rotatable bonds is 3. The van der Waals surface area contributed by atoms with Crippen LogP contribution in [0, 0.1) is 13.8 Å². The Labute approximate surface area is 145 Å². The number of hydrogen-bond acceptors (Lipinski definition) is 5. The molecule has 0 aliphatic rings. The van der Waals surface area contributed by atoms with Gasteiger partial charge in [-0.1, -0.05) is 17.2 Å². The van der Waals surface area contributed by atoms with Gasteiger partial charge in [0.05, 0.1) is 16.8 Å². The van der Waals surface area contributed by atoms with Crippen molar-refractivity contribution >= 4 is 17.7 Å². The van der Waals surface area contributed by atoms with Crippen LogP contribution in [-0.2, 0) is 6.18 Å². The topological polar surface area (TPSA) is 93.2 Å². The van der Waals surface area contributed by atoms with Gasteiger partial charge in [-0.15, -0.1) is 5.10 Å². The molecular weight excluding hydrogens is 353 g/mol. The molecule has 0 fully saturated rings. The van der Waals surface area contributed by atoms with E-state index in [2.05, 4.69) is 20.8 Å². The van der Waals surface area contributed by atoms with Crippen LogP contribution >= 0.6 is 0 Å². The molecule has 2 N–H and O–H groups in total. The highest BCUT2D eigenvalue weighted by Gasteiger charge is 2.33. The van der Waals surface area contributed by atoms with E-state index in [0.29, 0.717) is 17.1 Å². The lowest BCUT2D eigenvalue weighted by molar-refractivity contribution is -0.136. The Morgan fingerprint density at radius 2 is 1.81 bits per heavy atom. The Morgan fingerprint density at radius 3 is 2.46 bits per heavy atom. The second-order valence-corrected chi connectivity index (χ2v) is 5.36. The fourth-order valence-corrected chi connectivity index (χ4v) is 2.32. The molecule has 136 valence electrons. The zero-order valence-electron chi connectivity index (χ0n) is 13.6. The van der Waals surface area contributed by atoms with E-state index in [4.69, 9.17) is 8.83 Å². The lowest BCUT2D eigenvalue weighted by Crippen LogP contribution is -2.22. The van der Waals surface area contributed by atoms with Gasteiger partial charge in [0.15, 0.2) is 0 Å². The Balaban J connectivity index is 1.73. The molecule has 0 atom stereocenters. The van der Waals surface area contributed by atoms with Crippen LogP contribution in [0.2, 0.25) is 0 Å². The highest BCUT2D eigenvalue weighted by Crippen LogP contribution is 2.34. The Bertz CT molecular complexity index is 946. The number of benzene rings is 1. The number of furan rings is 1. The molecule has 0 aliphatic heterocycles. The van der Waals surface area contributed by atoms with Gasteiger partial charge in [0.2, 0.25) is 0 Å². The van der Waals surface area contributed by atoms with E-state index in [-0.39, 0.29) is 11.9 Å². The molecule has 3 rings (SSSR count). The number of carbonyl (C=O) groups excluding carboxylic acids is 1. The predicted molar refractivity (Wildman–Crippen MR) is 85.6 cm³/mol. The molecule has 0 aliphatic carbocycles. The number of halogens is 3. The first-order valence-electron chi connectivity index (χ1n) is 7.39. The molecule has 10 heteroatoms. The van der Waals surface area contributed by atoms with Gasteiger partial charge < -0.3 is 14.2 Å². The second kappa shape index (κ2) is 6.54. The monoisotopic (exact) mass is 366 g/mol. The van der Waals surface area contributed by atoms with Crippen LogP contribution in [0.5, 0.6) is 0 Å². The molecule has 2 amide bonds. The summed E-state index contributed by atoms with van der Waals surface area (Å²) in [5.41, 5.74) is -0.796. The van der Waals surface area contributed by atoms with E-state index < -0.39 is 23.5 Å². The first-order valence-corrected chi connectivity index (χ1v) is 7.39. The van der Waals surface area contributed by atoms with E-state index in [1.807, 2.05) is 0 Å². The van der Waals surface area contributed by atoms with Crippen molar-refractivity contribution in [3.8, 4) is 11.5 Å². The Kier molecular flexibility index (Phi) is 4.41. The number of aryl methyl sites for hydroxylation is 2. The van der Waals surface area contributed by atoms with Gasteiger partial charge in [-0.25, -0.2) is 4.79 Å². The van der Waals surface area contributed by atoms with Crippen molar-refractivity contribution in [3.63, 3.8) is 0 Å². The number of anilines is 2. The molecule has 0 saturated heterocycles. The number of amides is 2. The molecule has 7 nitrogen and oxygen atoms in total. The van der Waals surface area contributed by atoms with Crippen LogP contribution in [0.15, 0.2) is 39.2 Å². The Hall–Kier alpha value is -3.30. The number of urea groups is 1. The highest BCUT2D eigenvalue weighted by atomic mass is 19.4. The fraction of sp³-hybridized carbons (Fsp3) is 0.188. The summed E-state index contributed by atoms with van der Waals surface area (Å²) in [4.78, 5) is 11.9. The van der Waals surface area contributed by atoms with Crippen molar-refractivity contribution in [3.05, 3.63) is 47.4 Å². The number of hydrogen-bond donors (Lipinski definition) is 2. The smallest absolute Gasteiger partial charge is 0.418 e. The SMILES string of the molecule is Cc1cc(-c2nnc(NC(=O)Nc3ccccc3C(F)(F)F)o2)c(C)o1. The van der Waals surface area contributed by atoms with Crippen molar-refractivity contribution in [1.82, 2.24) is 10.2 Å². The first kappa shape index (κ1) is 17.5. The van der Waals surface area contributed by atoms with Crippen molar-refractivity contribution in [1.29, 1.82) is 0 Å². The van der Waals surface area contributed by atoms with Crippen LogP contribution in [0.1, 0.15) is 17.1 Å². The van der Waals surface area contributed by atoms with Crippen LogP contribution in [0.4, 0.5) is 29.7 Å². The maximum Gasteiger partial charge on any atom is 0.418 e. The largest absolute Gasteiger partial charge is 0.466 e. The highest BCUT2D eigenvalue weighted by molar-refractivity contribution is 5.99. The number of aromatic nitrogens is 2. The summed E-state index contributed by atoms with van der Waals surface area (Å²) in [5, 5.41) is 11.7. The summed E-state index contributed by atoms with van der Waals surface area (Å²) in [6.07, 6.45) is -4.60. The quantitative estimate of drug-likeness (QED) is 0.706. The minimum absolute atomic E-state index is 0.116. The van der Waals surface area contributed by atoms with Gasteiger partial charge in [0.1, 0.15) is 11.5 Å². The van der Waals surface area contributed by atoms with Crippen LogP contribution in [-0.4, -0.2) is 16.2 Å². The number of carbonyl (C=O) groups is 1. The first-order chi connectivity index (χ1) is 12.2. The average Bonchev–Trinajstić information content (AvgIpc) is 3.12. The molecule has 2 heterocycles. The van der Waals surface area contributed by atoms with E-state index in [9.17, 15) is 18.0 Å². The summed E-state index contributed by atoms with van der Waals surface area (Å²) in [6, 6.07) is 5.08. The second-order valence-electron chi connectivity index (χ2n) is 5.36. The number of para-hydroxylation sites is 1. The van der Waals surface area contributed by atoms with E-state index in [1.165, 1.54) is 12.1 Å². The third-order valence-electron chi connectivity index (χ3n) is 3.40. The molecule has 0 spiro atoms. The normalized spacial score (nSPS) is 11.4. The summed E-state index contributed by atoms with van der Waals surface area (Å²) >= 11 is 0. The standard InChI is InChI=1S/C16H13F3N4O3/c1-8-7-10(9(2)25-8)13-22-23-15(26-13)21-14(24)20-12-6-4-3-5-11(12)16(17,18)19/h3-7H,1-2H3,(H2,20,21,23,24). The lowest BCUT2D eigenvalue weighted by atomic mass is 10.1. The molecule has 0 unspecified atom stereocenters. The maximum atomic E-state index is 12.9. The molecule has 3 aromatic rings. The number of nitrogens with one attached hydrogen (secondary N) is 2. The molecule has 2 aromatic heterocycles. The van der Waals surface area contributed by atoms with Crippen molar-refractivity contribution < 1.29 is 26.8 Å². The van der Waals surface area contributed by atoms with Gasteiger partial charge in [0, 0.05) is 0 Å². The molecule has 0 saturated carbocycles. The molecule has 0 radical (unpaired) electrons. The lowest BCUT2D eigenvalue weighted by Gasteiger charge is -2.13. The average molecular weight is 366 g/mol. The summed E-state index contributed by atoms with van der Waals surface area (Å²) in [5.74, 6) is 1.32. The van der Waals surface area contributed by atoms with Crippen LogP contribution in [0.3, 0.4) is 0 Å². The van der Waals surface area contributed by atoms with Gasteiger partial charge in [-0.05, 0) is 32.0 Å². The van der Waals surface area contributed by atoms with Crippen molar-refractivity contribution in [2.75, 3.05) is 10.6 Å². The molecule has 0 bridgehead atoms. The third kappa shape index (κ3) is 3.68. The maximum absolute atomic E-state index is 12.9. The minimum Gasteiger partial charge on any atom is -0.466 e. The minimum atomic E-state index is -4.60. The van der Waals surface area contributed by atoms with Gasteiger partial charge in [-0.2, -0.15) is 13.2 Å². The van der Waals surface area contributed by atoms with E-state index in [1.54, 1.807) is 19.9 Å². The fourth-order valence-electron chi connectivity index (χ4n) is 2.32.